The summed E-state index contributed by atoms with van der Waals surface area (Å²) in [7, 11) is -4.28. The maximum Gasteiger partial charge on any atom is 0.262 e. The molecule has 20 heavy (non-hydrogen) atoms. The van der Waals surface area contributed by atoms with Crippen molar-refractivity contribution < 1.29 is 21.6 Å². The van der Waals surface area contributed by atoms with Crippen molar-refractivity contribution in [2.75, 3.05) is 4.72 Å². The lowest BCUT2D eigenvalue weighted by Gasteiger charge is -2.09. The van der Waals surface area contributed by atoms with E-state index in [1.165, 1.54) is 12.1 Å². The van der Waals surface area contributed by atoms with E-state index in [0.717, 1.165) is 6.07 Å². The number of benzene rings is 2. The molecule has 0 aromatic heterocycles. The molecule has 0 unspecified atom stereocenters. The molecule has 0 radical (unpaired) electrons. The van der Waals surface area contributed by atoms with Crippen molar-refractivity contribution in [1.82, 2.24) is 0 Å². The lowest BCUT2D eigenvalue weighted by Crippen LogP contribution is -2.14. The van der Waals surface area contributed by atoms with Gasteiger partial charge in [-0.25, -0.2) is 21.6 Å². The first-order valence-electron chi connectivity index (χ1n) is 5.22. The Kier molecular flexibility index (Phi) is 4.05. The van der Waals surface area contributed by atoms with Crippen LogP contribution in [0.15, 0.2) is 45.8 Å². The zero-order chi connectivity index (χ0) is 14.9. The third-order valence-corrected chi connectivity index (χ3v) is 4.16. The molecule has 0 bridgehead atoms. The summed E-state index contributed by atoms with van der Waals surface area (Å²) in [6.07, 6.45) is 0. The average molecular weight is 366 g/mol. The SMILES string of the molecule is O=S(=O)(Nc1ccc(Br)cc1F)c1cc(F)cc(F)c1. The molecule has 0 saturated heterocycles. The Morgan fingerprint density at radius 3 is 2.10 bits per heavy atom. The molecule has 106 valence electrons. The average Bonchev–Trinajstić information content (AvgIpc) is 2.31. The zero-order valence-electron chi connectivity index (χ0n) is 9.70. The molecule has 1 N–H and O–H groups in total. The molecule has 2 aromatic carbocycles. The van der Waals surface area contributed by atoms with Crippen molar-refractivity contribution in [3.05, 3.63) is 58.3 Å². The Bertz CT molecular complexity index is 745. The normalized spacial score (nSPS) is 11.4. The van der Waals surface area contributed by atoms with E-state index in [4.69, 9.17) is 0 Å². The topological polar surface area (TPSA) is 46.2 Å². The second kappa shape index (κ2) is 5.45. The van der Waals surface area contributed by atoms with Gasteiger partial charge in [0.15, 0.2) is 0 Å². The second-order valence-corrected chi connectivity index (χ2v) is 6.43. The summed E-state index contributed by atoms with van der Waals surface area (Å²) in [6.45, 7) is 0. The lowest BCUT2D eigenvalue weighted by molar-refractivity contribution is 0.568. The van der Waals surface area contributed by atoms with Gasteiger partial charge >= 0.3 is 0 Å². The summed E-state index contributed by atoms with van der Waals surface area (Å²) in [5, 5.41) is 0. The van der Waals surface area contributed by atoms with Crippen LogP contribution in [0.2, 0.25) is 0 Å². The van der Waals surface area contributed by atoms with Crippen LogP contribution >= 0.6 is 15.9 Å². The number of hydrogen-bond donors (Lipinski definition) is 1. The van der Waals surface area contributed by atoms with Gasteiger partial charge in [-0.3, -0.25) is 4.72 Å². The fourth-order valence-corrected chi connectivity index (χ4v) is 2.90. The number of nitrogens with one attached hydrogen (secondary N) is 1. The van der Waals surface area contributed by atoms with Crippen molar-refractivity contribution >= 4 is 31.6 Å². The van der Waals surface area contributed by atoms with Gasteiger partial charge in [-0.15, -0.1) is 0 Å². The maximum absolute atomic E-state index is 13.5. The molecule has 8 heteroatoms. The molecular formula is C12H7BrF3NO2S. The minimum absolute atomic E-state index is 0.321. The monoisotopic (exact) mass is 365 g/mol. The molecule has 0 aliphatic carbocycles. The molecular weight excluding hydrogens is 359 g/mol. The third kappa shape index (κ3) is 3.31. The number of anilines is 1. The quantitative estimate of drug-likeness (QED) is 0.901. The van der Waals surface area contributed by atoms with Crippen molar-refractivity contribution in [2.45, 2.75) is 4.90 Å². The van der Waals surface area contributed by atoms with Gasteiger partial charge in [-0.05, 0) is 30.3 Å². The minimum Gasteiger partial charge on any atom is -0.277 e. The van der Waals surface area contributed by atoms with Crippen LogP contribution in [0, 0.1) is 17.5 Å². The molecule has 3 nitrogen and oxygen atoms in total. The van der Waals surface area contributed by atoms with E-state index >= 15 is 0 Å². The summed E-state index contributed by atoms with van der Waals surface area (Å²) in [5.41, 5.74) is -0.321. The highest BCUT2D eigenvalue weighted by Gasteiger charge is 2.18. The largest absolute Gasteiger partial charge is 0.277 e. The predicted octanol–water partition coefficient (Wildman–Crippen LogP) is 3.67. The van der Waals surface area contributed by atoms with Crippen LogP contribution in [0.25, 0.3) is 0 Å². The number of hydrogen-bond acceptors (Lipinski definition) is 2. The molecule has 0 heterocycles. The van der Waals surface area contributed by atoms with Crippen LogP contribution in [0.4, 0.5) is 18.9 Å². The van der Waals surface area contributed by atoms with Crippen LogP contribution in [-0.4, -0.2) is 8.42 Å². The van der Waals surface area contributed by atoms with Crippen molar-refractivity contribution in [3.63, 3.8) is 0 Å². The first-order chi connectivity index (χ1) is 9.28. The number of sulfonamides is 1. The predicted molar refractivity (Wildman–Crippen MR) is 71.3 cm³/mol. The lowest BCUT2D eigenvalue weighted by atomic mass is 10.3. The number of rotatable bonds is 3. The second-order valence-electron chi connectivity index (χ2n) is 3.83. The molecule has 0 amide bonds. The Labute approximate surface area is 121 Å². The van der Waals surface area contributed by atoms with Crippen LogP contribution in [0.3, 0.4) is 0 Å². The fraction of sp³-hybridized carbons (Fsp3) is 0. The number of halogens is 4. The summed E-state index contributed by atoms with van der Waals surface area (Å²) >= 11 is 3.02. The zero-order valence-corrected chi connectivity index (χ0v) is 12.1. The van der Waals surface area contributed by atoms with E-state index in [1.807, 2.05) is 4.72 Å². The fourth-order valence-electron chi connectivity index (χ4n) is 1.46. The Morgan fingerprint density at radius 1 is 0.950 bits per heavy atom. The standard InChI is InChI=1S/C12H7BrF3NO2S/c13-7-1-2-12(11(16)3-7)17-20(18,19)10-5-8(14)4-9(15)6-10/h1-6,17H. The van der Waals surface area contributed by atoms with Gasteiger partial charge in [0.05, 0.1) is 10.6 Å². The molecule has 0 spiro atoms. The van der Waals surface area contributed by atoms with Gasteiger partial charge in [0.1, 0.15) is 17.5 Å². The Balaban J connectivity index is 2.40. The van der Waals surface area contributed by atoms with E-state index in [2.05, 4.69) is 15.9 Å². The molecule has 2 aromatic rings. The van der Waals surface area contributed by atoms with Gasteiger partial charge in [-0.2, -0.15) is 0 Å². The van der Waals surface area contributed by atoms with Gasteiger partial charge in [-0.1, -0.05) is 15.9 Å². The Morgan fingerprint density at radius 2 is 1.55 bits per heavy atom. The molecule has 0 fully saturated rings. The summed E-state index contributed by atoms with van der Waals surface area (Å²) in [5.74, 6) is -2.90. The highest BCUT2D eigenvalue weighted by molar-refractivity contribution is 9.10. The minimum atomic E-state index is -4.28. The van der Waals surface area contributed by atoms with Crippen LogP contribution in [-0.2, 0) is 10.0 Å². The van der Waals surface area contributed by atoms with Crippen LogP contribution in [0.5, 0.6) is 0 Å². The first kappa shape index (κ1) is 14.9. The summed E-state index contributed by atoms with van der Waals surface area (Å²) < 4.78 is 65.8. The molecule has 0 atom stereocenters. The molecule has 0 saturated carbocycles. The highest BCUT2D eigenvalue weighted by atomic mass is 79.9. The highest BCUT2D eigenvalue weighted by Crippen LogP contribution is 2.23. The van der Waals surface area contributed by atoms with Crippen molar-refractivity contribution in [2.24, 2.45) is 0 Å². The van der Waals surface area contributed by atoms with Crippen molar-refractivity contribution in [3.8, 4) is 0 Å². The van der Waals surface area contributed by atoms with E-state index < -0.39 is 32.4 Å². The summed E-state index contributed by atoms with van der Waals surface area (Å²) in [6, 6.07) is 5.49. The van der Waals surface area contributed by atoms with E-state index in [9.17, 15) is 21.6 Å². The third-order valence-electron chi connectivity index (χ3n) is 2.32. The smallest absolute Gasteiger partial charge is 0.262 e. The van der Waals surface area contributed by atoms with E-state index in [0.29, 0.717) is 22.7 Å². The van der Waals surface area contributed by atoms with Gasteiger partial charge in [0, 0.05) is 10.5 Å². The van der Waals surface area contributed by atoms with Crippen LogP contribution < -0.4 is 4.72 Å². The van der Waals surface area contributed by atoms with E-state index in [1.54, 1.807) is 0 Å². The van der Waals surface area contributed by atoms with Crippen molar-refractivity contribution in [1.29, 1.82) is 0 Å². The molecule has 0 aliphatic heterocycles. The summed E-state index contributed by atoms with van der Waals surface area (Å²) in [4.78, 5) is -0.627. The first-order valence-corrected chi connectivity index (χ1v) is 7.49. The maximum atomic E-state index is 13.5. The molecule has 2 rings (SSSR count). The van der Waals surface area contributed by atoms with Gasteiger partial charge in [0.25, 0.3) is 10.0 Å². The van der Waals surface area contributed by atoms with E-state index in [-0.39, 0.29) is 5.69 Å². The Hall–Kier alpha value is -1.54. The van der Waals surface area contributed by atoms with Gasteiger partial charge < -0.3 is 0 Å². The van der Waals surface area contributed by atoms with Crippen LogP contribution in [0.1, 0.15) is 0 Å². The van der Waals surface area contributed by atoms with Gasteiger partial charge in [0.2, 0.25) is 0 Å². The molecule has 0 aliphatic rings.